The van der Waals surface area contributed by atoms with Gasteiger partial charge in [-0.25, -0.2) is 4.98 Å². The van der Waals surface area contributed by atoms with Gasteiger partial charge in [0.2, 0.25) is 5.91 Å². The van der Waals surface area contributed by atoms with Gasteiger partial charge < -0.3 is 10.2 Å². The highest BCUT2D eigenvalue weighted by Gasteiger charge is 2.16. The number of fused-ring (bicyclic) bond motifs is 1. The van der Waals surface area contributed by atoms with E-state index in [4.69, 9.17) is 4.98 Å². The molecule has 1 fully saturated rings. The molecular weight excluding hydrogens is 444 g/mol. The van der Waals surface area contributed by atoms with Gasteiger partial charge in [-0.3, -0.25) is 14.2 Å². The van der Waals surface area contributed by atoms with Crippen LogP contribution in [0, 0.1) is 6.92 Å². The van der Waals surface area contributed by atoms with Crippen LogP contribution in [0.3, 0.4) is 0 Å². The fourth-order valence-corrected chi connectivity index (χ4v) is 5.10. The number of aryl methyl sites for hydroxylation is 1. The third-order valence-electron chi connectivity index (χ3n) is 6.06. The Morgan fingerprint density at radius 3 is 2.44 bits per heavy atom. The zero-order valence-corrected chi connectivity index (χ0v) is 19.8. The largest absolute Gasteiger partial charge is 0.372 e. The minimum atomic E-state index is -0.141. The molecule has 0 spiro atoms. The number of para-hydroxylation sites is 2. The van der Waals surface area contributed by atoms with Crippen LogP contribution >= 0.6 is 11.8 Å². The summed E-state index contributed by atoms with van der Waals surface area (Å²) >= 11 is 1.26. The number of amides is 1. The number of anilines is 2. The Hall–Kier alpha value is -3.58. The van der Waals surface area contributed by atoms with E-state index >= 15 is 0 Å². The Morgan fingerprint density at radius 1 is 0.971 bits per heavy atom. The minimum absolute atomic E-state index is 0.139. The lowest BCUT2D eigenvalue weighted by atomic mass is 10.2. The Kier molecular flexibility index (Phi) is 6.36. The third-order valence-corrected chi connectivity index (χ3v) is 6.99. The van der Waals surface area contributed by atoms with E-state index in [1.54, 1.807) is 10.6 Å². The topological polar surface area (TPSA) is 67.2 Å². The van der Waals surface area contributed by atoms with E-state index < -0.39 is 0 Å². The highest BCUT2D eigenvalue weighted by atomic mass is 32.2. The lowest BCUT2D eigenvalue weighted by Crippen LogP contribution is -2.23. The molecule has 1 aromatic heterocycles. The number of thioether (sulfide) groups is 1. The zero-order chi connectivity index (χ0) is 23.5. The minimum Gasteiger partial charge on any atom is -0.372 e. The first kappa shape index (κ1) is 22.2. The summed E-state index contributed by atoms with van der Waals surface area (Å²) in [5, 5.41) is 4.01. The van der Waals surface area contributed by atoms with Gasteiger partial charge in [0, 0.05) is 24.5 Å². The highest BCUT2D eigenvalue weighted by Crippen LogP contribution is 2.25. The van der Waals surface area contributed by atoms with Crippen LogP contribution in [0.15, 0.2) is 82.7 Å². The second kappa shape index (κ2) is 9.73. The maximum absolute atomic E-state index is 13.4. The normalized spacial score (nSPS) is 13.4. The predicted octanol–water partition coefficient (Wildman–Crippen LogP) is 5.03. The van der Waals surface area contributed by atoms with Crippen molar-refractivity contribution >= 4 is 39.9 Å². The van der Waals surface area contributed by atoms with Crippen LogP contribution in [0.2, 0.25) is 0 Å². The van der Waals surface area contributed by atoms with Gasteiger partial charge in [-0.15, -0.1) is 0 Å². The summed E-state index contributed by atoms with van der Waals surface area (Å²) in [6, 6.07) is 23.0. The number of nitrogens with zero attached hydrogens (tertiary/aromatic N) is 3. The summed E-state index contributed by atoms with van der Waals surface area (Å²) in [6.45, 7) is 4.14. The summed E-state index contributed by atoms with van der Waals surface area (Å²) in [4.78, 5) is 33.2. The number of benzene rings is 3. The maximum Gasteiger partial charge on any atom is 0.266 e. The van der Waals surface area contributed by atoms with Crippen molar-refractivity contribution in [2.45, 2.75) is 24.9 Å². The van der Waals surface area contributed by atoms with Crippen LogP contribution in [0.5, 0.6) is 0 Å². The molecule has 1 saturated heterocycles. The lowest BCUT2D eigenvalue weighted by molar-refractivity contribution is -0.113. The molecule has 1 amide bonds. The Morgan fingerprint density at radius 2 is 1.68 bits per heavy atom. The first-order chi connectivity index (χ1) is 16.6. The summed E-state index contributed by atoms with van der Waals surface area (Å²) in [6.07, 6.45) is 2.46. The van der Waals surface area contributed by atoms with Crippen molar-refractivity contribution in [2.75, 3.05) is 29.1 Å². The second-order valence-electron chi connectivity index (χ2n) is 8.42. The second-order valence-corrected chi connectivity index (χ2v) is 9.36. The molecule has 7 heteroatoms. The van der Waals surface area contributed by atoms with E-state index in [2.05, 4.69) is 22.3 Å². The number of carbonyl (C=O) groups is 1. The standard InChI is InChI=1S/C27H26N4O2S/c1-19-8-2-5-11-24(19)31-26(33)22-9-3-4-10-23(22)29-27(31)34-18-25(32)28-20-12-14-21(15-13-20)30-16-6-7-17-30/h2-5,8-15H,6-7,16-18H2,1H3,(H,28,32). The quantitative estimate of drug-likeness (QED) is 0.316. The van der Waals surface area contributed by atoms with Crippen molar-refractivity contribution in [3.8, 4) is 5.69 Å². The van der Waals surface area contributed by atoms with Gasteiger partial charge in [0.25, 0.3) is 5.56 Å². The Labute approximate surface area is 202 Å². The Bertz CT molecular complexity index is 1390. The molecule has 0 atom stereocenters. The molecule has 0 radical (unpaired) electrons. The molecule has 0 saturated carbocycles. The van der Waals surface area contributed by atoms with Crippen LogP contribution in [-0.4, -0.2) is 34.3 Å². The highest BCUT2D eigenvalue weighted by molar-refractivity contribution is 7.99. The molecule has 0 unspecified atom stereocenters. The van der Waals surface area contributed by atoms with Crippen molar-refractivity contribution in [1.82, 2.24) is 9.55 Å². The first-order valence-electron chi connectivity index (χ1n) is 11.5. The van der Waals surface area contributed by atoms with E-state index in [0.717, 1.165) is 30.0 Å². The monoisotopic (exact) mass is 470 g/mol. The van der Waals surface area contributed by atoms with Crippen LogP contribution < -0.4 is 15.8 Å². The zero-order valence-electron chi connectivity index (χ0n) is 19.0. The number of rotatable bonds is 6. The van der Waals surface area contributed by atoms with Crippen LogP contribution in [-0.2, 0) is 4.79 Å². The molecule has 1 N–H and O–H groups in total. The number of aromatic nitrogens is 2. The van der Waals surface area contributed by atoms with Crippen molar-refractivity contribution in [1.29, 1.82) is 0 Å². The summed E-state index contributed by atoms with van der Waals surface area (Å²) in [5.74, 6) is 0.00234. The fourth-order valence-electron chi connectivity index (χ4n) is 4.29. The van der Waals surface area contributed by atoms with Gasteiger partial charge >= 0.3 is 0 Å². The number of carbonyl (C=O) groups excluding carboxylic acids is 1. The molecule has 34 heavy (non-hydrogen) atoms. The van der Waals surface area contributed by atoms with Crippen molar-refractivity contribution in [3.63, 3.8) is 0 Å². The van der Waals surface area contributed by atoms with Crippen molar-refractivity contribution < 1.29 is 4.79 Å². The Balaban J connectivity index is 1.37. The van der Waals surface area contributed by atoms with E-state index in [1.807, 2.05) is 61.5 Å². The SMILES string of the molecule is Cc1ccccc1-n1c(SCC(=O)Nc2ccc(N3CCCC3)cc2)nc2ccccc2c1=O. The van der Waals surface area contributed by atoms with Gasteiger partial charge in [-0.2, -0.15) is 0 Å². The van der Waals surface area contributed by atoms with Crippen LogP contribution in [0.25, 0.3) is 16.6 Å². The molecule has 2 heterocycles. The predicted molar refractivity (Wildman–Crippen MR) is 139 cm³/mol. The average Bonchev–Trinajstić information content (AvgIpc) is 3.39. The van der Waals surface area contributed by atoms with Gasteiger partial charge in [0.15, 0.2) is 5.16 Å². The van der Waals surface area contributed by atoms with Gasteiger partial charge in [-0.1, -0.05) is 42.1 Å². The average molecular weight is 471 g/mol. The van der Waals surface area contributed by atoms with Gasteiger partial charge in [-0.05, 0) is 67.8 Å². The maximum atomic E-state index is 13.4. The van der Waals surface area contributed by atoms with Gasteiger partial charge in [0.05, 0.1) is 22.3 Å². The third kappa shape index (κ3) is 4.56. The lowest BCUT2D eigenvalue weighted by Gasteiger charge is -2.18. The molecule has 1 aliphatic heterocycles. The summed E-state index contributed by atoms with van der Waals surface area (Å²) < 4.78 is 1.61. The molecular formula is C27H26N4O2S. The smallest absolute Gasteiger partial charge is 0.266 e. The molecule has 0 bridgehead atoms. The fraction of sp³-hybridized carbons (Fsp3) is 0.222. The van der Waals surface area contributed by atoms with E-state index in [9.17, 15) is 9.59 Å². The molecule has 5 rings (SSSR count). The van der Waals surface area contributed by atoms with E-state index in [-0.39, 0.29) is 17.2 Å². The number of nitrogens with one attached hydrogen (secondary N) is 1. The first-order valence-corrected chi connectivity index (χ1v) is 12.4. The molecule has 3 aromatic carbocycles. The molecule has 172 valence electrons. The van der Waals surface area contributed by atoms with Crippen molar-refractivity contribution in [3.05, 3.63) is 88.7 Å². The number of hydrogen-bond acceptors (Lipinski definition) is 5. The van der Waals surface area contributed by atoms with E-state index in [1.165, 1.54) is 30.3 Å². The molecule has 1 aliphatic rings. The molecule has 4 aromatic rings. The summed E-state index contributed by atoms with van der Waals surface area (Å²) in [5.41, 5.74) is 4.17. The molecule has 0 aliphatic carbocycles. The summed E-state index contributed by atoms with van der Waals surface area (Å²) in [7, 11) is 0. The molecule has 6 nitrogen and oxygen atoms in total. The number of hydrogen-bond donors (Lipinski definition) is 1. The van der Waals surface area contributed by atoms with Crippen molar-refractivity contribution in [2.24, 2.45) is 0 Å². The van der Waals surface area contributed by atoms with E-state index in [0.29, 0.717) is 16.1 Å². The van der Waals surface area contributed by atoms with Gasteiger partial charge in [0.1, 0.15) is 0 Å². The van der Waals surface area contributed by atoms with Crippen LogP contribution in [0.1, 0.15) is 18.4 Å². The van der Waals surface area contributed by atoms with Crippen LogP contribution in [0.4, 0.5) is 11.4 Å².